The number of nitrogens with zero attached hydrogens (tertiary/aromatic N) is 1. The van der Waals surface area contributed by atoms with Gasteiger partial charge in [0.05, 0.1) is 0 Å². The average Bonchev–Trinajstić information content (AvgIpc) is 2.65. The molecule has 0 aliphatic rings. The molecule has 0 radical (unpaired) electrons. The van der Waals surface area contributed by atoms with E-state index in [2.05, 4.69) is 4.90 Å². The SMILES string of the molecule is CN(C)CCC(N)C(O)c1cccs1. The minimum Gasteiger partial charge on any atom is -0.386 e. The van der Waals surface area contributed by atoms with Gasteiger partial charge >= 0.3 is 0 Å². The van der Waals surface area contributed by atoms with Crippen LogP contribution in [-0.4, -0.2) is 36.7 Å². The van der Waals surface area contributed by atoms with Crippen LogP contribution in [0, 0.1) is 0 Å². The summed E-state index contributed by atoms with van der Waals surface area (Å²) in [4.78, 5) is 3.03. The lowest BCUT2D eigenvalue weighted by atomic mass is 10.1. The van der Waals surface area contributed by atoms with Crippen molar-refractivity contribution in [1.82, 2.24) is 4.90 Å². The Morgan fingerprint density at radius 2 is 2.29 bits per heavy atom. The average molecular weight is 214 g/mol. The van der Waals surface area contributed by atoms with Crippen molar-refractivity contribution >= 4 is 11.3 Å². The third-order valence-electron chi connectivity index (χ3n) is 2.15. The minimum absolute atomic E-state index is 0.170. The van der Waals surface area contributed by atoms with Crippen molar-refractivity contribution in [3.63, 3.8) is 0 Å². The van der Waals surface area contributed by atoms with Crippen LogP contribution in [0.1, 0.15) is 17.4 Å². The van der Waals surface area contributed by atoms with Crippen molar-refractivity contribution in [2.24, 2.45) is 5.73 Å². The maximum absolute atomic E-state index is 9.86. The highest BCUT2D eigenvalue weighted by Gasteiger charge is 2.17. The van der Waals surface area contributed by atoms with Gasteiger partial charge in [0.1, 0.15) is 6.10 Å². The van der Waals surface area contributed by atoms with Gasteiger partial charge in [-0.05, 0) is 38.5 Å². The normalized spacial score (nSPS) is 15.8. The molecule has 0 amide bonds. The number of nitrogens with two attached hydrogens (primary N) is 1. The second-order valence-corrected chi connectivity index (χ2v) is 4.70. The van der Waals surface area contributed by atoms with Crippen molar-refractivity contribution in [2.45, 2.75) is 18.6 Å². The summed E-state index contributed by atoms with van der Waals surface area (Å²) in [7, 11) is 4.01. The van der Waals surface area contributed by atoms with Gasteiger partial charge in [0.15, 0.2) is 0 Å². The molecule has 1 rings (SSSR count). The fraction of sp³-hybridized carbons (Fsp3) is 0.600. The zero-order chi connectivity index (χ0) is 10.6. The van der Waals surface area contributed by atoms with Crippen molar-refractivity contribution in [1.29, 1.82) is 0 Å². The molecule has 14 heavy (non-hydrogen) atoms. The van der Waals surface area contributed by atoms with Gasteiger partial charge in [-0.25, -0.2) is 0 Å². The Bertz CT molecular complexity index is 249. The van der Waals surface area contributed by atoms with Crippen LogP contribution < -0.4 is 5.73 Å². The van der Waals surface area contributed by atoms with Crippen LogP contribution in [0.3, 0.4) is 0 Å². The van der Waals surface area contributed by atoms with Crippen LogP contribution in [0.4, 0.5) is 0 Å². The van der Waals surface area contributed by atoms with Gasteiger partial charge in [-0.3, -0.25) is 0 Å². The first-order valence-corrected chi connectivity index (χ1v) is 5.61. The predicted molar refractivity (Wildman–Crippen MR) is 60.4 cm³/mol. The number of aliphatic hydroxyl groups excluding tert-OH is 1. The fourth-order valence-corrected chi connectivity index (χ4v) is 2.02. The standard InChI is InChI=1S/C10H18N2OS/c1-12(2)6-5-8(11)10(13)9-4-3-7-14-9/h3-4,7-8,10,13H,5-6,11H2,1-2H3. The van der Waals surface area contributed by atoms with Crippen LogP contribution in [-0.2, 0) is 0 Å². The molecule has 0 aromatic carbocycles. The first-order valence-electron chi connectivity index (χ1n) is 4.73. The van der Waals surface area contributed by atoms with Crippen molar-refractivity contribution in [2.75, 3.05) is 20.6 Å². The van der Waals surface area contributed by atoms with E-state index in [-0.39, 0.29) is 6.04 Å². The number of aliphatic hydroxyl groups is 1. The van der Waals surface area contributed by atoms with E-state index in [4.69, 9.17) is 5.73 Å². The first kappa shape index (κ1) is 11.7. The molecule has 0 spiro atoms. The van der Waals surface area contributed by atoms with Gasteiger partial charge in [-0.2, -0.15) is 0 Å². The first-order chi connectivity index (χ1) is 6.61. The zero-order valence-electron chi connectivity index (χ0n) is 8.68. The van der Waals surface area contributed by atoms with Gasteiger partial charge in [0.25, 0.3) is 0 Å². The second-order valence-electron chi connectivity index (χ2n) is 3.72. The molecule has 3 N–H and O–H groups in total. The molecule has 0 aliphatic heterocycles. The lowest BCUT2D eigenvalue weighted by Crippen LogP contribution is -2.31. The summed E-state index contributed by atoms with van der Waals surface area (Å²) < 4.78 is 0. The van der Waals surface area contributed by atoms with Crippen molar-refractivity contribution in [3.05, 3.63) is 22.4 Å². The molecule has 80 valence electrons. The van der Waals surface area contributed by atoms with Crippen LogP contribution in [0.2, 0.25) is 0 Å². The summed E-state index contributed by atoms with van der Waals surface area (Å²) in [6, 6.07) is 3.68. The van der Waals surface area contributed by atoms with E-state index in [9.17, 15) is 5.11 Å². The molecule has 0 saturated carbocycles. The Kier molecular flexibility index (Phi) is 4.54. The molecule has 3 nitrogen and oxygen atoms in total. The van der Waals surface area contributed by atoms with E-state index >= 15 is 0 Å². The fourth-order valence-electron chi connectivity index (χ4n) is 1.24. The number of hydrogen-bond acceptors (Lipinski definition) is 4. The van der Waals surface area contributed by atoms with Gasteiger partial charge in [-0.15, -0.1) is 11.3 Å². The minimum atomic E-state index is -0.519. The Morgan fingerprint density at radius 3 is 2.79 bits per heavy atom. The molecular weight excluding hydrogens is 196 g/mol. The topological polar surface area (TPSA) is 49.5 Å². The molecule has 2 unspecified atom stereocenters. The van der Waals surface area contributed by atoms with Crippen molar-refractivity contribution in [3.8, 4) is 0 Å². The van der Waals surface area contributed by atoms with Gasteiger partial charge < -0.3 is 15.7 Å². The highest BCUT2D eigenvalue weighted by Crippen LogP contribution is 2.22. The molecule has 4 heteroatoms. The van der Waals surface area contributed by atoms with E-state index in [1.165, 1.54) is 0 Å². The summed E-state index contributed by atoms with van der Waals surface area (Å²) in [5.74, 6) is 0. The number of thiophene rings is 1. The van der Waals surface area contributed by atoms with Crippen LogP contribution in [0.25, 0.3) is 0 Å². The molecule has 0 fully saturated rings. The monoisotopic (exact) mass is 214 g/mol. The Labute approximate surface area is 89.2 Å². The van der Waals surface area contributed by atoms with E-state index in [0.717, 1.165) is 17.8 Å². The maximum Gasteiger partial charge on any atom is 0.103 e. The predicted octanol–water partition coefficient (Wildman–Crippen LogP) is 1.06. The Balaban J connectivity index is 2.41. The third kappa shape index (κ3) is 3.38. The molecular formula is C10H18N2OS. The lowest BCUT2D eigenvalue weighted by Gasteiger charge is -2.19. The summed E-state index contributed by atoms with van der Waals surface area (Å²) in [5, 5.41) is 11.8. The van der Waals surface area contributed by atoms with Crippen LogP contribution >= 0.6 is 11.3 Å². The Hall–Kier alpha value is -0.420. The lowest BCUT2D eigenvalue weighted by molar-refractivity contribution is 0.141. The quantitative estimate of drug-likeness (QED) is 0.770. The van der Waals surface area contributed by atoms with E-state index in [1.54, 1.807) is 11.3 Å². The summed E-state index contributed by atoms with van der Waals surface area (Å²) >= 11 is 1.55. The molecule has 2 atom stereocenters. The van der Waals surface area contributed by atoms with Gasteiger partial charge in [-0.1, -0.05) is 6.07 Å². The van der Waals surface area contributed by atoms with E-state index < -0.39 is 6.10 Å². The molecule has 1 heterocycles. The molecule has 0 saturated heterocycles. The maximum atomic E-state index is 9.86. The molecule has 0 bridgehead atoms. The zero-order valence-corrected chi connectivity index (χ0v) is 9.50. The summed E-state index contributed by atoms with van der Waals surface area (Å²) in [6.45, 7) is 0.906. The van der Waals surface area contributed by atoms with E-state index in [1.807, 2.05) is 31.6 Å². The van der Waals surface area contributed by atoms with Crippen LogP contribution in [0.15, 0.2) is 17.5 Å². The number of rotatable bonds is 5. The van der Waals surface area contributed by atoms with Gasteiger partial charge in [0.2, 0.25) is 0 Å². The highest BCUT2D eigenvalue weighted by atomic mass is 32.1. The Morgan fingerprint density at radius 1 is 1.57 bits per heavy atom. The smallest absolute Gasteiger partial charge is 0.103 e. The third-order valence-corrected chi connectivity index (χ3v) is 3.09. The van der Waals surface area contributed by atoms with E-state index in [0.29, 0.717) is 0 Å². The van der Waals surface area contributed by atoms with Crippen molar-refractivity contribution < 1.29 is 5.11 Å². The number of hydrogen-bond donors (Lipinski definition) is 2. The van der Waals surface area contributed by atoms with Crippen LogP contribution in [0.5, 0.6) is 0 Å². The molecule has 1 aromatic rings. The largest absolute Gasteiger partial charge is 0.386 e. The molecule has 1 aromatic heterocycles. The highest BCUT2D eigenvalue weighted by molar-refractivity contribution is 7.10. The van der Waals surface area contributed by atoms with Gasteiger partial charge in [0, 0.05) is 10.9 Å². The second kappa shape index (κ2) is 5.46. The summed E-state index contributed by atoms with van der Waals surface area (Å²) in [6.07, 6.45) is 0.293. The molecule has 0 aliphatic carbocycles. The summed E-state index contributed by atoms with van der Waals surface area (Å²) in [5.41, 5.74) is 5.89.